The highest BCUT2D eigenvalue weighted by Gasteiger charge is 2.07. The molecule has 3 heteroatoms. The van der Waals surface area contributed by atoms with Crippen LogP contribution in [0.25, 0.3) is 10.1 Å². The Morgan fingerprint density at radius 2 is 2.21 bits per heavy atom. The van der Waals surface area contributed by atoms with E-state index in [4.69, 9.17) is 0 Å². The molecule has 0 nitrogen and oxygen atoms in total. The van der Waals surface area contributed by atoms with Gasteiger partial charge in [0.05, 0.1) is 0 Å². The van der Waals surface area contributed by atoms with E-state index < -0.39 is 0 Å². The van der Waals surface area contributed by atoms with Crippen LogP contribution in [0.3, 0.4) is 0 Å². The Balaban J connectivity index is 2.74. The van der Waals surface area contributed by atoms with Crippen molar-refractivity contribution in [2.24, 2.45) is 0 Å². The molecule has 1 aromatic carbocycles. The predicted molar refractivity (Wildman–Crippen MR) is 71.0 cm³/mol. The number of hydrogen-bond donors (Lipinski definition) is 0. The molecule has 74 valence electrons. The Bertz CT molecular complexity index is 460. The normalized spacial score (nSPS) is 11.1. The second kappa shape index (κ2) is 4.25. The standard InChI is InChI=1S/C11H11BrS2/c1-7-3-4-10(13-2)11-9(7)5-8(6-12)14-11/h3-5H,6H2,1-2H3. The average Bonchev–Trinajstić information content (AvgIpc) is 2.63. The summed E-state index contributed by atoms with van der Waals surface area (Å²) in [5, 5.41) is 2.37. The van der Waals surface area contributed by atoms with Gasteiger partial charge in [0, 0.05) is 19.8 Å². The lowest BCUT2D eigenvalue weighted by molar-refractivity contribution is 1.48. The Kier molecular flexibility index (Phi) is 3.20. The maximum absolute atomic E-state index is 3.51. The lowest BCUT2D eigenvalue weighted by Crippen LogP contribution is -1.75. The van der Waals surface area contributed by atoms with Crippen molar-refractivity contribution in [3.05, 3.63) is 28.6 Å². The predicted octanol–water partition coefficient (Wildman–Crippen LogP) is 4.83. The van der Waals surface area contributed by atoms with Crippen LogP contribution in [-0.4, -0.2) is 6.26 Å². The molecule has 0 saturated carbocycles. The van der Waals surface area contributed by atoms with Gasteiger partial charge in [0.1, 0.15) is 0 Å². The molecule has 1 heterocycles. The van der Waals surface area contributed by atoms with Gasteiger partial charge in [-0.1, -0.05) is 22.0 Å². The number of thioether (sulfide) groups is 1. The maximum Gasteiger partial charge on any atom is 0.0484 e. The molecule has 0 aliphatic heterocycles. The molecule has 1 aromatic heterocycles. The first-order valence-corrected chi connectivity index (χ1v) is 7.54. The number of alkyl halides is 1. The summed E-state index contributed by atoms with van der Waals surface area (Å²) in [6.07, 6.45) is 2.14. The van der Waals surface area contributed by atoms with Crippen molar-refractivity contribution in [1.29, 1.82) is 0 Å². The smallest absolute Gasteiger partial charge is 0.0484 e. The molecule has 2 aromatic rings. The fourth-order valence-corrected chi connectivity index (χ4v) is 3.88. The Hall–Kier alpha value is 0.01000. The molecule has 0 atom stereocenters. The topological polar surface area (TPSA) is 0 Å². The quantitative estimate of drug-likeness (QED) is 0.563. The van der Waals surface area contributed by atoms with E-state index in [0.717, 1.165) is 5.33 Å². The zero-order valence-electron chi connectivity index (χ0n) is 8.13. The third-order valence-corrected chi connectivity index (χ3v) is 5.32. The minimum atomic E-state index is 0.958. The van der Waals surface area contributed by atoms with E-state index in [0.29, 0.717) is 0 Å². The van der Waals surface area contributed by atoms with E-state index in [1.807, 2.05) is 23.1 Å². The fourth-order valence-electron chi connectivity index (χ4n) is 1.51. The zero-order chi connectivity index (χ0) is 10.1. The van der Waals surface area contributed by atoms with Crippen LogP contribution in [0.2, 0.25) is 0 Å². The molecule has 0 saturated heterocycles. The van der Waals surface area contributed by atoms with Gasteiger partial charge in [0.15, 0.2) is 0 Å². The van der Waals surface area contributed by atoms with Gasteiger partial charge >= 0.3 is 0 Å². The molecule has 14 heavy (non-hydrogen) atoms. The summed E-state index contributed by atoms with van der Waals surface area (Å²) in [6.45, 7) is 2.18. The second-order valence-electron chi connectivity index (χ2n) is 3.17. The van der Waals surface area contributed by atoms with Gasteiger partial charge in [-0.15, -0.1) is 23.1 Å². The maximum atomic E-state index is 3.51. The van der Waals surface area contributed by atoms with Crippen LogP contribution in [0.15, 0.2) is 23.1 Å². The summed E-state index contributed by atoms with van der Waals surface area (Å²) in [6, 6.07) is 6.72. The first-order valence-electron chi connectivity index (χ1n) is 4.38. The molecule has 0 fully saturated rings. The zero-order valence-corrected chi connectivity index (χ0v) is 11.4. The van der Waals surface area contributed by atoms with Gasteiger partial charge < -0.3 is 0 Å². The number of benzene rings is 1. The van der Waals surface area contributed by atoms with Crippen molar-refractivity contribution < 1.29 is 0 Å². The molecular weight excluding hydrogens is 276 g/mol. The highest BCUT2D eigenvalue weighted by atomic mass is 79.9. The monoisotopic (exact) mass is 286 g/mol. The van der Waals surface area contributed by atoms with E-state index in [1.165, 1.54) is 25.4 Å². The summed E-state index contributed by atoms with van der Waals surface area (Å²) in [5.74, 6) is 0. The van der Waals surface area contributed by atoms with E-state index in [2.05, 4.69) is 47.3 Å². The lowest BCUT2D eigenvalue weighted by atomic mass is 10.1. The van der Waals surface area contributed by atoms with E-state index in [-0.39, 0.29) is 0 Å². The number of rotatable bonds is 2. The minimum absolute atomic E-state index is 0.958. The Morgan fingerprint density at radius 3 is 2.86 bits per heavy atom. The summed E-state index contributed by atoms with van der Waals surface area (Å²) in [5.41, 5.74) is 1.38. The van der Waals surface area contributed by atoms with Gasteiger partial charge in [-0.05, 0) is 36.3 Å². The van der Waals surface area contributed by atoms with Crippen LogP contribution >= 0.6 is 39.0 Å². The Morgan fingerprint density at radius 1 is 1.43 bits per heavy atom. The van der Waals surface area contributed by atoms with Crippen LogP contribution in [0, 0.1) is 6.92 Å². The summed E-state index contributed by atoms with van der Waals surface area (Å²) >= 11 is 7.23. The van der Waals surface area contributed by atoms with E-state index >= 15 is 0 Å². The van der Waals surface area contributed by atoms with Crippen molar-refractivity contribution in [2.75, 3.05) is 6.26 Å². The third-order valence-electron chi connectivity index (χ3n) is 2.27. The number of halogens is 1. The molecule has 0 bridgehead atoms. The van der Waals surface area contributed by atoms with E-state index in [9.17, 15) is 0 Å². The van der Waals surface area contributed by atoms with Crippen LogP contribution in [0.4, 0.5) is 0 Å². The first kappa shape index (κ1) is 10.5. The number of thiophene rings is 1. The fraction of sp³-hybridized carbons (Fsp3) is 0.273. The molecule has 0 aliphatic rings. The van der Waals surface area contributed by atoms with Gasteiger partial charge in [-0.2, -0.15) is 0 Å². The number of aryl methyl sites for hydroxylation is 1. The largest absolute Gasteiger partial charge is 0.138 e. The van der Waals surface area contributed by atoms with Crippen molar-refractivity contribution in [2.45, 2.75) is 17.1 Å². The minimum Gasteiger partial charge on any atom is -0.138 e. The van der Waals surface area contributed by atoms with Gasteiger partial charge in [0.2, 0.25) is 0 Å². The van der Waals surface area contributed by atoms with Crippen LogP contribution in [0.1, 0.15) is 10.4 Å². The van der Waals surface area contributed by atoms with Gasteiger partial charge in [0.25, 0.3) is 0 Å². The van der Waals surface area contributed by atoms with Crippen molar-refractivity contribution >= 4 is 49.1 Å². The molecule has 0 spiro atoms. The van der Waals surface area contributed by atoms with Crippen molar-refractivity contribution in [3.8, 4) is 0 Å². The van der Waals surface area contributed by atoms with Gasteiger partial charge in [-0.25, -0.2) is 0 Å². The highest BCUT2D eigenvalue weighted by molar-refractivity contribution is 9.08. The first-order chi connectivity index (χ1) is 6.76. The molecular formula is C11H11BrS2. The molecule has 0 aliphatic carbocycles. The van der Waals surface area contributed by atoms with Crippen LogP contribution < -0.4 is 0 Å². The van der Waals surface area contributed by atoms with E-state index in [1.54, 1.807) is 0 Å². The lowest BCUT2D eigenvalue weighted by Gasteiger charge is -2.00. The molecule has 0 N–H and O–H groups in total. The second-order valence-corrected chi connectivity index (χ2v) is 5.72. The summed E-state index contributed by atoms with van der Waals surface area (Å²) < 4.78 is 1.44. The molecule has 0 unspecified atom stereocenters. The van der Waals surface area contributed by atoms with Crippen LogP contribution in [0.5, 0.6) is 0 Å². The highest BCUT2D eigenvalue weighted by Crippen LogP contribution is 2.36. The number of hydrogen-bond acceptors (Lipinski definition) is 2. The molecule has 2 rings (SSSR count). The molecule has 0 radical (unpaired) electrons. The average molecular weight is 287 g/mol. The van der Waals surface area contributed by atoms with Gasteiger partial charge in [-0.3, -0.25) is 0 Å². The van der Waals surface area contributed by atoms with Crippen LogP contribution in [-0.2, 0) is 5.33 Å². The number of fused-ring (bicyclic) bond motifs is 1. The van der Waals surface area contributed by atoms with Crippen molar-refractivity contribution in [3.63, 3.8) is 0 Å². The SMILES string of the molecule is CSc1ccc(C)c2cc(CBr)sc12. The summed E-state index contributed by atoms with van der Waals surface area (Å²) in [4.78, 5) is 2.80. The van der Waals surface area contributed by atoms with Crippen molar-refractivity contribution in [1.82, 2.24) is 0 Å². The summed E-state index contributed by atoms with van der Waals surface area (Å²) in [7, 11) is 0. The Labute approximate surface area is 101 Å². The third kappa shape index (κ3) is 1.73. The molecule has 0 amide bonds.